The van der Waals surface area contributed by atoms with Gasteiger partial charge in [0.15, 0.2) is 0 Å². The fourth-order valence-corrected chi connectivity index (χ4v) is 6.06. The lowest BCUT2D eigenvalue weighted by atomic mass is 9.76. The van der Waals surface area contributed by atoms with Gasteiger partial charge in [-0.05, 0) is 94.8 Å². The summed E-state index contributed by atoms with van der Waals surface area (Å²) in [5, 5.41) is 6.64. The van der Waals surface area contributed by atoms with Gasteiger partial charge in [0.25, 0.3) is 0 Å². The lowest BCUT2D eigenvalue weighted by Gasteiger charge is -2.40. The fraction of sp³-hybridized carbons (Fsp3) is 0.452. The number of fused-ring (bicyclic) bond motifs is 4. The number of aromatic nitrogens is 4. The smallest absolute Gasteiger partial charge is 0.408 e. The van der Waals surface area contributed by atoms with Crippen molar-refractivity contribution < 1.29 is 14.3 Å². The molecule has 0 bridgehead atoms. The van der Waals surface area contributed by atoms with Crippen molar-refractivity contribution >= 4 is 17.1 Å². The highest BCUT2D eigenvalue weighted by Gasteiger charge is 2.44. The molecule has 7 rings (SSSR count). The van der Waals surface area contributed by atoms with Crippen LogP contribution in [-0.2, 0) is 16.7 Å². The number of hydrogen-bond acceptors (Lipinski definition) is 6. The number of aromatic amines is 2. The van der Waals surface area contributed by atoms with E-state index in [0.29, 0.717) is 12.6 Å². The van der Waals surface area contributed by atoms with Crippen molar-refractivity contribution in [3.8, 4) is 28.1 Å². The normalized spacial score (nSPS) is 19.7. The number of amides is 1. The Labute approximate surface area is 233 Å². The third-order valence-electron chi connectivity index (χ3n) is 8.25. The van der Waals surface area contributed by atoms with Crippen LogP contribution in [0.15, 0.2) is 36.4 Å². The zero-order chi connectivity index (χ0) is 27.5. The first kappa shape index (κ1) is 25.1. The molecule has 4 aromatic rings. The van der Waals surface area contributed by atoms with Crippen molar-refractivity contribution in [1.82, 2.24) is 30.6 Å². The van der Waals surface area contributed by atoms with E-state index in [-0.39, 0.29) is 0 Å². The second-order valence-corrected chi connectivity index (χ2v) is 12.3. The van der Waals surface area contributed by atoms with Gasteiger partial charge in [0.1, 0.15) is 28.5 Å². The highest BCUT2D eigenvalue weighted by atomic mass is 16.6. The van der Waals surface area contributed by atoms with Crippen molar-refractivity contribution in [1.29, 1.82) is 0 Å². The molecule has 1 unspecified atom stereocenters. The van der Waals surface area contributed by atoms with Crippen LogP contribution in [0.3, 0.4) is 0 Å². The predicted octanol–water partition coefficient (Wildman–Crippen LogP) is 5.88. The molecule has 1 saturated heterocycles. The number of alkyl carbamates (subject to hydrolysis) is 1. The molecule has 4 N–H and O–H groups in total. The fourth-order valence-electron chi connectivity index (χ4n) is 6.06. The van der Waals surface area contributed by atoms with Crippen LogP contribution in [0.4, 0.5) is 4.79 Å². The molecule has 4 heterocycles. The summed E-state index contributed by atoms with van der Waals surface area (Å²) in [5.74, 6) is 2.67. The topological polar surface area (TPSA) is 117 Å². The molecule has 2 aromatic carbocycles. The molecule has 3 aliphatic rings. The van der Waals surface area contributed by atoms with E-state index in [2.05, 4.69) is 50.9 Å². The van der Waals surface area contributed by atoms with Gasteiger partial charge in [0.2, 0.25) is 0 Å². The van der Waals surface area contributed by atoms with E-state index in [1.54, 1.807) is 0 Å². The average molecular weight is 541 g/mol. The summed E-state index contributed by atoms with van der Waals surface area (Å²) in [7, 11) is 0. The number of imidazole rings is 2. The van der Waals surface area contributed by atoms with Crippen LogP contribution < -0.4 is 15.4 Å². The molecule has 1 atom stereocenters. The zero-order valence-electron chi connectivity index (χ0n) is 23.3. The summed E-state index contributed by atoms with van der Waals surface area (Å²) >= 11 is 0. The minimum Gasteiger partial charge on any atom is -0.492 e. The van der Waals surface area contributed by atoms with Crippen molar-refractivity contribution in [3.05, 3.63) is 53.7 Å². The first-order valence-corrected chi connectivity index (χ1v) is 14.4. The van der Waals surface area contributed by atoms with Crippen LogP contribution in [0.25, 0.3) is 33.4 Å². The van der Waals surface area contributed by atoms with Gasteiger partial charge in [0.05, 0.1) is 29.4 Å². The highest BCUT2D eigenvalue weighted by Crippen LogP contribution is 2.42. The van der Waals surface area contributed by atoms with Gasteiger partial charge in [0, 0.05) is 17.7 Å². The molecule has 40 heavy (non-hydrogen) atoms. The molecule has 208 valence electrons. The summed E-state index contributed by atoms with van der Waals surface area (Å²) in [6.07, 6.45) is 5.38. The molecular weight excluding hydrogens is 504 g/mol. The van der Waals surface area contributed by atoms with E-state index in [4.69, 9.17) is 19.4 Å². The van der Waals surface area contributed by atoms with E-state index < -0.39 is 17.2 Å². The Morgan fingerprint density at radius 2 is 1.90 bits per heavy atom. The van der Waals surface area contributed by atoms with Gasteiger partial charge in [-0.3, -0.25) is 0 Å². The summed E-state index contributed by atoms with van der Waals surface area (Å²) < 4.78 is 11.7. The maximum absolute atomic E-state index is 12.6. The number of ether oxygens (including phenoxy) is 2. The van der Waals surface area contributed by atoms with E-state index in [1.807, 2.05) is 26.8 Å². The Balaban J connectivity index is 1.17. The van der Waals surface area contributed by atoms with Crippen LogP contribution >= 0.6 is 0 Å². The Hall–Kier alpha value is -3.85. The van der Waals surface area contributed by atoms with Crippen molar-refractivity contribution in [2.45, 2.75) is 76.5 Å². The SMILES string of the molecule is CC(C)(C)OC(=O)NC1(c2nc3ccc(-c4ccc5c(c4)OCCc4[nH]c(C6CCCN6)nc4-5)cc3[nH]2)CCC1. The third-order valence-corrected chi connectivity index (χ3v) is 8.25. The lowest BCUT2D eigenvalue weighted by Crippen LogP contribution is -2.52. The maximum Gasteiger partial charge on any atom is 0.408 e. The minimum absolute atomic E-state index is 0.306. The van der Waals surface area contributed by atoms with E-state index in [1.165, 1.54) is 6.42 Å². The van der Waals surface area contributed by atoms with Crippen LogP contribution in [0, 0.1) is 0 Å². The number of hydrogen-bond donors (Lipinski definition) is 4. The minimum atomic E-state index is -0.552. The van der Waals surface area contributed by atoms with Gasteiger partial charge >= 0.3 is 6.09 Å². The number of nitrogens with zero attached hydrogens (tertiary/aromatic N) is 2. The number of carbonyl (C=O) groups excluding carboxylic acids is 1. The monoisotopic (exact) mass is 540 g/mol. The summed E-state index contributed by atoms with van der Waals surface area (Å²) in [4.78, 5) is 29.5. The standard InChI is InChI=1S/C31H36N6O3/c1-30(2,3)40-29(38)37-31(12-5-13-31)28-34-21-10-8-18(16-24(21)35-28)19-7-9-20-25(17-19)39-15-11-22-26(20)36-27(33-22)23-6-4-14-32-23/h7-10,16-17,23,32H,4-6,11-15H2,1-3H3,(H,33,36)(H,34,35)(H,37,38). The molecule has 0 spiro atoms. The first-order chi connectivity index (χ1) is 19.3. The summed E-state index contributed by atoms with van der Waals surface area (Å²) in [6, 6.07) is 12.9. The van der Waals surface area contributed by atoms with E-state index >= 15 is 0 Å². The third kappa shape index (κ3) is 4.52. The zero-order valence-corrected chi connectivity index (χ0v) is 23.3. The van der Waals surface area contributed by atoms with Crippen molar-refractivity contribution in [2.24, 2.45) is 0 Å². The Kier molecular flexibility index (Phi) is 5.89. The molecule has 1 amide bonds. The Morgan fingerprint density at radius 1 is 1.07 bits per heavy atom. The number of benzene rings is 2. The quantitative estimate of drug-likeness (QED) is 0.257. The van der Waals surface area contributed by atoms with Crippen LogP contribution in [0.2, 0.25) is 0 Å². The van der Waals surface area contributed by atoms with Gasteiger partial charge in [-0.15, -0.1) is 0 Å². The first-order valence-electron chi connectivity index (χ1n) is 14.4. The Bertz CT molecular complexity index is 1590. The number of nitrogens with one attached hydrogen (secondary N) is 4. The largest absolute Gasteiger partial charge is 0.492 e. The van der Waals surface area contributed by atoms with Crippen LogP contribution in [0.1, 0.15) is 76.3 Å². The molecule has 1 saturated carbocycles. The molecule has 2 aromatic heterocycles. The van der Waals surface area contributed by atoms with Crippen LogP contribution in [0.5, 0.6) is 5.75 Å². The summed E-state index contributed by atoms with van der Waals surface area (Å²) in [6.45, 7) is 7.26. The number of carbonyl (C=O) groups is 1. The van der Waals surface area contributed by atoms with Crippen molar-refractivity contribution in [3.63, 3.8) is 0 Å². The average Bonchev–Trinajstić information content (AvgIpc) is 3.63. The predicted molar refractivity (Wildman–Crippen MR) is 153 cm³/mol. The Morgan fingerprint density at radius 3 is 2.65 bits per heavy atom. The van der Waals surface area contributed by atoms with E-state index in [9.17, 15) is 4.79 Å². The maximum atomic E-state index is 12.6. The molecule has 1 aliphatic carbocycles. The van der Waals surface area contributed by atoms with Gasteiger partial charge in [-0.25, -0.2) is 14.8 Å². The molecule has 0 radical (unpaired) electrons. The highest BCUT2D eigenvalue weighted by molar-refractivity contribution is 5.84. The van der Waals surface area contributed by atoms with Crippen molar-refractivity contribution in [2.75, 3.05) is 13.2 Å². The lowest BCUT2D eigenvalue weighted by molar-refractivity contribution is 0.0366. The van der Waals surface area contributed by atoms with Gasteiger partial charge in [-0.2, -0.15) is 0 Å². The van der Waals surface area contributed by atoms with E-state index in [0.717, 1.165) is 95.2 Å². The van der Waals surface area contributed by atoms with Gasteiger partial charge < -0.3 is 30.1 Å². The molecular formula is C31H36N6O3. The molecule has 2 fully saturated rings. The number of rotatable bonds is 4. The molecule has 9 nitrogen and oxygen atoms in total. The molecule has 2 aliphatic heterocycles. The second kappa shape index (κ2) is 9.37. The van der Waals surface area contributed by atoms with Gasteiger partial charge in [-0.1, -0.05) is 12.1 Å². The summed E-state index contributed by atoms with van der Waals surface area (Å²) in [5.41, 5.74) is 6.04. The molecule has 9 heteroatoms. The van der Waals surface area contributed by atoms with Crippen LogP contribution in [-0.4, -0.2) is 44.8 Å². The number of H-pyrrole nitrogens is 2. The second-order valence-electron chi connectivity index (χ2n) is 12.3.